The Balaban J connectivity index is 1.25. The first-order chi connectivity index (χ1) is 17.6. The van der Waals surface area contributed by atoms with Crippen LogP contribution in [0.3, 0.4) is 0 Å². The zero-order valence-electron chi connectivity index (χ0n) is 21.5. The van der Waals surface area contributed by atoms with Gasteiger partial charge in [-0.25, -0.2) is 0 Å². The Hall–Kier alpha value is -2.70. The third-order valence-corrected chi connectivity index (χ3v) is 8.11. The molecule has 2 aliphatic rings. The summed E-state index contributed by atoms with van der Waals surface area (Å²) < 4.78 is 0. The highest BCUT2D eigenvalue weighted by atomic mass is 16.2. The molecule has 4 rings (SSSR count). The molecule has 1 aliphatic heterocycles. The number of likely N-dealkylation sites (tertiary alicyclic amines) is 1. The number of carbonyl (C=O) groups excluding carboxylic acids is 2. The number of nitrogens with two attached hydrogens (primary N) is 1. The van der Waals surface area contributed by atoms with Crippen LogP contribution in [0.1, 0.15) is 62.5 Å². The number of benzene rings is 2. The van der Waals surface area contributed by atoms with Crippen LogP contribution in [-0.4, -0.2) is 55.5 Å². The first kappa shape index (κ1) is 26.4. The minimum Gasteiger partial charge on any atom is -0.369 e. The number of primary amides is 1. The summed E-state index contributed by atoms with van der Waals surface area (Å²) in [5, 5.41) is 6.41. The van der Waals surface area contributed by atoms with E-state index in [1.165, 1.54) is 25.7 Å². The highest BCUT2D eigenvalue weighted by Crippen LogP contribution is 2.43. The Morgan fingerprint density at radius 2 is 1.53 bits per heavy atom. The maximum atomic E-state index is 13.2. The summed E-state index contributed by atoms with van der Waals surface area (Å²) in [7, 11) is 0. The molecular formula is C30H42N4O2. The lowest BCUT2D eigenvalue weighted by Crippen LogP contribution is -2.49. The zero-order chi connectivity index (χ0) is 25.2. The van der Waals surface area contributed by atoms with E-state index < -0.39 is 5.41 Å². The fourth-order valence-electron chi connectivity index (χ4n) is 6.21. The molecule has 2 fully saturated rings. The van der Waals surface area contributed by atoms with Gasteiger partial charge in [-0.2, -0.15) is 0 Å². The second-order valence-electron chi connectivity index (χ2n) is 10.5. The highest BCUT2D eigenvalue weighted by Gasteiger charge is 2.49. The first-order valence-corrected chi connectivity index (χ1v) is 13.7. The van der Waals surface area contributed by atoms with Crippen molar-refractivity contribution in [1.29, 1.82) is 0 Å². The lowest BCUT2D eigenvalue weighted by atomic mass is 9.64. The van der Waals surface area contributed by atoms with Gasteiger partial charge in [0.25, 0.3) is 0 Å². The average molecular weight is 491 g/mol. The summed E-state index contributed by atoms with van der Waals surface area (Å²) in [6, 6.07) is 20.6. The lowest BCUT2D eigenvalue weighted by molar-refractivity contribution is -0.124. The van der Waals surface area contributed by atoms with Crippen molar-refractivity contribution in [3.63, 3.8) is 0 Å². The van der Waals surface area contributed by atoms with Crippen LogP contribution >= 0.6 is 0 Å². The van der Waals surface area contributed by atoms with Crippen molar-refractivity contribution >= 4 is 11.8 Å². The minimum atomic E-state index is -0.825. The number of nitrogens with one attached hydrogen (secondary N) is 2. The minimum absolute atomic E-state index is 0.105. The van der Waals surface area contributed by atoms with Crippen LogP contribution < -0.4 is 16.4 Å². The van der Waals surface area contributed by atoms with E-state index in [0.29, 0.717) is 12.6 Å². The Bertz CT molecular complexity index is 920. The number of amides is 2. The molecule has 1 aliphatic carbocycles. The van der Waals surface area contributed by atoms with E-state index in [2.05, 4.69) is 15.5 Å². The summed E-state index contributed by atoms with van der Waals surface area (Å²) in [5.74, 6) is -0.0368. The van der Waals surface area contributed by atoms with Crippen molar-refractivity contribution in [2.45, 2.75) is 62.8 Å². The van der Waals surface area contributed by atoms with Crippen LogP contribution in [0.5, 0.6) is 0 Å². The van der Waals surface area contributed by atoms with Crippen molar-refractivity contribution in [3.8, 4) is 0 Å². The molecule has 36 heavy (non-hydrogen) atoms. The highest BCUT2D eigenvalue weighted by molar-refractivity contribution is 5.91. The molecule has 0 spiro atoms. The first-order valence-electron chi connectivity index (χ1n) is 13.7. The summed E-state index contributed by atoms with van der Waals surface area (Å²) in [5.41, 5.74) is 7.34. The van der Waals surface area contributed by atoms with Gasteiger partial charge in [0, 0.05) is 19.1 Å². The summed E-state index contributed by atoms with van der Waals surface area (Å²) in [4.78, 5) is 27.7. The van der Waals surface area contributed by atoms with Crippen LogP contribution in [0.15, 0.2) is 60.7 Å². The Morgan fingerprint density at radius 1 is 0.889 bits per heavy atom. The molecule has 0 radical (unpaired) electrons. The summed E-state index contributed by atoms with van der Waals surface area (Å²) in [6.45, 7) is 4.01. The second kappa shape index (κ2) is 13.0. The molecule has 0 aromatic heterocycles. The van der Waals surface area contributed by atoms with E-state index in [9.17, 15) is 9.59 Å². The maximum Gasteiger partial charge on any atom is 0.233 e. The molecule has 1 saturated carbocycles. The fourth-order valence-corrected chi connectivity index (χ4v) is 6.21. The number of rotatable bonds is 13. The van der Waals surface area contributed by atoms with Gasteiger partial charge in [0.05, 0.1) is 6.54 Å². The second-order valence-corrected chi connectivity index (χ2v) is 10.5. The van der Waals surface area contributed by atoms with E-state index >= 15 is 0 Å². The van der Waals surface area contributed by atoms with Gasteiger partial charge in [0.2, 0.25) is 11.8 Å². The van der Waals surface area contributed by atoms with Gasteiger partial charge in [0.1, 0.15) is 5.41 Å². The van der Waals surface area contributed by atoms with Gasteiger partial charge in [0.15, 0.2) is 0 Å². The zero-order valence-corrected chi connectivity index (χ0v) is 21.5. The molecule has 194 valence electrons. The number of hydrogen-bond donors (Lipinski definition) is 3. The monoisotopic (exact) mass is 490 g/mol. The summed E-state index contributed by atoms with van der Waals surface area (Å²) >= 11 is 0. The number of unbranched alkanes of at least 4 members (excludes halogenated alkanes) is 2. The molecule has 6 heteroatoms. The number of carbonyl (C=O) groups is 2. The standard InChI is InChI=1S/C30H42N4O2/c31-29(36)30(24-12-4-1-5-13-24,25-14-6-2-7-15-25)26-18-21-34(23-26)20-11-3-10-19-32-28(35)22-33-27-16-8-9-17-27/h1-2,4-7,12-15,26-27,33H,3,8-11,16-23H2,(H2,31,36)(H,32,35). The summed E-state index contributed by atoms with van der Waals surface area (Å²) in [6.07, 6.45) is 9.05. The predicted molar refractivity (Wildman–Crippen MR) is 145 cm³/mol. The van der Waals surface area contributed by atoms with E-state index in [-0.39, 0.29) is 17.7 Å². The van der Waals surface area contributed by atoms with E-state index in [1.54, 1.807) is 0 Å². The van der Waals surface area contributed by atoms with E-state index in [0.717, 1.165) is 63.0 Å². The molecule has 1 atom stereocenters. The quantitative estimate of drug-likeness (QED) is 0.375. The van der Waals surface area contributed by atoms with Gasteiger partial charge in [-0.05, 0) is 62.2 Å². The van der Waals surface area contributed by atoms with Gasteiger partial charge in [-0.15, -0.1) is 0 Å². The van der Waals surface area contributed by atoms with Crippen molar-refractivity contribution < 1.29 is 9.59 Å². The third kappa shape index (κ3) is 6.34. The molecule has 2 amide bonds. The normalized spacial score (nSPS) is 18.9. The molecular weight excluding hydrogens is 448 g/mol. The Labute approximate surface area is 216 Å². The Kier molecular flexibility index (Phi) is 9.54. The molecule has 4 N–H and O–H groups in total. The van der Waals surface area contributed by atoms with Gasteiger partial charge in [-0.1, -0.05) is 79.9 Å². The largest absolute Gasteiger partial charge is 0.369 e. The molecule has 0 bridgehead atoms. The smallest absolute Gasteiger partial charge is 0.233 e. The van der Waals surface area contributed by atoms with E-state index in [4.69, 9.17) is 5.73 Å². The fraction of sp³-hybridized carbons (Fsp3) is 0.533. The predicted octanol–water partition coefficient (Wildman–Crippen LogP) is 3.60. The van der Waals surface area contributed by atoms with Gasteiger partial charge < -0.3 is 21.3 Å². The molecule has 1 heterocycles. The molecule has 2 aromatic rings. The van der Waals surface area contributed by atoms with Crippen LogP contribution in [0.25, 0.3) is 0 Å². The van der Waals surface area contributed by atoms with Crippen molar-refractivity contribution in [2.24, 2.45) is 11.7 Å². The van der Waals surface area contributed by atoms with Crippen molar-refractivity contribution in [3.05, 3.63) is 71.8 Å². The number of hydrogen-bond acceptors (Lipinski definition) is 4. The van der Waals surface area contributed by atoms with Crippen LogP contribution in [0.2, 0.25) is 0 Å². The molecule has 6 nitrogen and oxygen atoms in total. The van der Waals surface area contributed by atoms with Crippen molar-refractivity contribution in [1.82, 2.24) is 15.5 Å². The molecule has 2 aromatic carbocycles. The Morgan fingerprint density at radius 3 is 2.14 bits per heavy atom. The van der Waals surface area contributed by atoms with Crippen LogP contribution in [0, 0.1) is 5.92 Å². The van der Waals surface area contributed by atoms with Crippen LogP contribution in [0.4, 0.5) is 0 Å². The third-order valence-electron chi connectivity index (χ3n) is 8.11. The van der Waals surface area contributed by atoms with Crippen molar-refractivity contribution in [2.75, 3.05) is 32.7 Å². The average Bonchev–Trinajstić information content (AvgIpc) is 3.59. The molecule has 1 unspecified atom stereocenters. The van der Waals surface area contributed by atoms with Gasteiger partial charge >= 0.3 is 0 Å². The van der Waals surface area contributed by atoms with Crippen LogP contribution in [-0.2, 0) is 15.0 Å². The topological polar surface area (TPSA) is 87.5 Å². The molecule has 1 saturated heterocycles. The SMILES string of the molecule is NC(=O)C(c1ccccc1)(c1ccccc1)C1CCN(CCCCCNC(=O)CNC2CCCC2)C1. The maximum absolute atomic E-state index is 13.2. The number of nitrogens with zero attached hydrogens (tertiary/aromatic N) is 1. The van der Waals surface area contributed by atoms with Gasteiger partial charge in [-0.3, -0.25) is 9.59 Å². The van der Waals surface area contributed by atoms with E-state index in [1.807, 2.05) is 60.7 Å². The lowest BCUT2D eigenvalue weighted by Gasteiger charge is -2.37.